The van der Waals surface area contributed by atoms with Crippen LogP contribution < -0.4 is 10.0 Å². The van der Waals surface area contributed by atoms with Crippen LogP contribution in [-0.4, -0.2) is 41.3 Å². The molecule has 2 aromatic heterocycles. The Kier molecular flexibility index (Phi) is 6.29. The van der Waals surface area contributed by atoms with E-state index in [1.165, 1.54) is 0 Å². The fourth-order valence-corrected chi connectivity index (χ4v) is 4.21. The van der Waals surface area contributed by atoms with Gasteiger partial charge in [0, 0.05) is 24.8 Å². The molecule has 29 heavy (non-hydrogen) atoms. The number of hydrogen-bond acceptors (Lipinski definition) is 6. The molecule has 0 atom stereocenters. The molecule has 0 bridgehead atoms. The van der Waals surface area contributed by atoms with Crippen LogP contribution in [0.5, 0.6) is 0 Å². The first kappa shape index (κ1) is 20.9. The Morgan fingerprint density at radius 3 is 2.48 bits per heavy atom. The average molecular weight is 415 g/mol. The molecule has 0 fully saturated rings. The Hall–Kier alpha value is -2.78. The molecule has 2 heterocycles. The van der Waals surface area contributed by atoms with E-state index < -0.39 is 10.0 Å². The molecule has 0 saturated carbocycles. The normalized spacial score (nSPS) is 11.6. The Morgan fingerprint density at radius 2 is 1.79 bits per heavy atom. The van der Waals surface area contributed by atoms with Crippen molar-refractivity contribution in [3.05, 3.63) is 64.7 Å². The summed E-state index contributed by atoms with van der Waals surface area (Å²) in [6.07, 6.45) is 0. The van der Waals surface area contributed by atoms with E-state index >= 15 is 0 Å². The lowest BCUT2D eigenvalue weighted by Crippen LogP contribution is -2.30. The van der Waals surface area contributed by atoms with Gasteiger partial charge in [0.2, 0.25) is 10.0 Å². The maximum Gasteiger partial charge on any atom is 0.215 e. The third-order valence-electron chi connectivity index (χ3n) is 4.24. The molecule has 0 unspecified atom stereocenters. The highest BCUT2D eigenvalue weighted by atomic mass is 32.2. The van der Waals surface area contributed by atoms with Crippen LogP contribution in [0.4, 0.5) is 5.82 Å². The van der Waals surface area contributed by atoms with Crippen LogP contribution in [-0.2, 0) is 15.8 Å². The SMILES string of the molecule is Cc1cccc(CS(=O)(=O)NCCNc2cc(-n3nc(C)cc3C)nc(C)n2)c1. The number of sulfonamides is 1. The molecular weight excluding hydrogens is 388 g/mol. The van der Waals surface area contributed by atoms with E-state index in [4.69, 9.17) is 0 Å². The zero-order chi connectivity index (χ0) is 21.0. The van der Waals surface area contributed by atoms with Crippen molar-refractivity contribution in [2.24, 2.45) is 0 Å². The molecule has 0 aliphatic heterocycles. The number of hydrogen-bond donors (Lipinski definition) is 2. The van der Waals surface area contributed by atoms with Crippen molar-refractivity contribution >= 4 is 15.8 Å². The second-order valence-electron chi connectivity index (χ2n) is 7.07. The standard InChI is InChI=1S/C20H26N6O2S/c1-14-6-5-7-18(10-14)13-29(27,28)22-9-8-21-19-12-20(24-17(4)23-19)26-16(3)11-15(2)25-26/h5-7,10-12,22H,8-9,13H2,1-4H3,(H,21,23,24). The first-order valence-corrected chi connectivity index (χ1v) is 11.0. The third kappa shape index (κ3) is 5.85. The van der Waals surface area contributed by atoms with Crippen LogP contribution in [0.15, 0.2) is 36.4 Å². The minimum atomic E-state index is -3.40. The van der Waals surface area contributed by atoms with E-state index in [9.17, 15) is 8.42 Å². The van der Waals surface area contributed by atoms with Gasteiger partial charge in [0.05, 0.1) is 11.4 Å². The number of nitrogens with one attached hydrogen (secondary N) is 2. The average Bonchev–Trinajstić information content (AvgIpc) is 2.96. The van der Waals surface area contributed by atoms with Crippen molar-refractivity contribution in [1.29, 1.82) is 0 Å². The topological polar surface area (TPSA) is 102 Å². The minimum absolute atomic E-state index is 0.0383. The minimum Gasteiger partial charge on any atom is -0.369 e. The molecule has 1 aromatic carbocycles. The lowest BCUT2D eigenvalue weighted by molar-refractivity contribution is 0.582. The Balaban J connectivity index is 1.58. The summed E-state index contributed by atoms with van der Waals surface area (Å²) in [5.74, 6) is 1.87. The fourth-order valence-electron chi connectivity index (χ4n) is 3.08. The molecule has 0 aliphatic carbocycles. The van der Waals surface area contributed by atoms with Gasteiger partial charge in [-0.15, -0.1) is 0 Å². The van der Waals surface area contributed by atoms with Crippen molar-refractivity contribution in [2.75, 3.05) is 18.4 Å². The van der Waals surface area contributed by atoms with E-state index in [1.54, 1.807) is 10.7 Å². The van der Waals surface area contributed by atoms with E-state index in [0.29, 0.717) is 24.0 Å². The highest BCUT2D eigenvalue weighted by Crippen LogP contribution is 2.14. The molecule has 3 rings (SSSR count). The lowest BCUT2D eigenvalue weighted by atomic mass is 10.2. The third-order valence-corrected chi connectivity index (χ3v) is 5.60. The van der Waals surface area contributed by atoms with E-state index in [0.717, 1.165) is 22.5 Å². The quantitative estimate of drug-likeness (QED) is 0.549. The summed E-state index contributed by atoms with van der Waals surface area (Å²) in [6, 6.07) is 11.3. The first-order chi connectivity index (χ1) is 13.7. The van der Waals surface area contributed by atoms with Crippen LogP contribution in [0.2, 0.25) is 0 Å². The van der Waals surface area contributed by atoms with E-state index in [1.807, 2.05) is 58.0 Å². The van der Waals surface area contributed by atoms with Crippen molar-refractivity contribution in [3.63, 3.8) is 0 Å². The van der Waals surface area contributed by atoms with Crippen LogP contribution in [0, 0.1) is 27.7 Å². The molecule has 0 amide bonds. The number of rotatable bonds is 8. The number of nitrogens with zero attached hydrogens (tertiary/aromatic N) is 4. The van der Waals surface area contributed by atoms with Crippen LogP contribution >= 0.6 is 0 Å². The number of aryl methyl sites for hydroxylation is 4. The fraction of sp³-hybridized carbons (Fsp3) is 0.350. The molecule has 2 N–H and O–H groups in total. The van der Waals surface area contributed by atoms with Crippen molar-refractivity contribution in [3.8, 4) is 5.82 Å². The van der Waals surface area contributed by atoms with Crippen molar-refractivity contribution in [1.82, 2.24) is 24.5 Å². The van der Waals surface area contributed by atoms with Gasteiger partial charge in [0.1, 0.15) is 11.6 Å². The van der Waals surface area contributed by atoms with Gasteiger partial charge in [0.25, 0.3) is 0 Å². The second kappa shape index (κ2) is 8.71. The Bertz CT molecular complexity index is 1110. The smallest absolute Gasteiger partial charge is 0.215 e. The van der Waals surface area contributed by atoms with Gasteiger partial charge < -0.3 is 5.32 Å². The van der Waals surface area contributed by atoms with E-state index in [2.05, 4.69) is 25.1 Å². The van der Waals surface area contributed by atoms with Gasteiger partial charge in [-0.05, 0) is 39.3 Å². The highest BCUT2D eigenvalue weighted by Gasteiger charge is 2.12. The molecule has 0 saturated heterocycles. The summed E-state index contributed by atoms with van der Waals surface area (Å²) in [7, 11) is -3.40. The Labute approximate surface area is 171 Å². The zero-order valence-electron chi connectivity index (χ0n) is 17.1. The van der Waals surface area contributed by atoms with Crippen molar-refractivity contribution in [2.45, 2.75) is 33.4 Å². The molecule has 0 spiro atoms. The molecular formula is C20H26N6O2S. The summed E-state index contributed by atoms with van der Waals surface area (Å²) in [4.78, 5) is 8.80. The first-order valence-electron chi connectivity index (χ1n) is 9.38. The zero-order valence-corrected chi connectivity index (χ0v) is 17.9. The number of aromatic nitrogens is 4. The molecule has 0 aliphatic rings. The summed E-state index contributed by atoms with van der Waals surface area (Å²) in [5.41, 5.74) is 3.70. The van der Waals surface area contributed by atoms with Crippen LogP contribution in [0.25, 0.3) is 5.82 Å². The summed E-state index contributed by atoms with van der Waals surface area (Å²) in [6.45, 7) is 8.31. The number of benzene rings is 1. The van der Waals surface area contributed by atoms with Gasteiger partial charge in [-0.2, -0.15) is 5.10 Å². The maximum absolute atomic E-state index is 12.3. The number of anilines is 1. The van der Waals surface area contributed by atoms with Gasteiger partial charge in [-0.25, -0.2) is 27.8 Å². The molecule has 8 nitrogen and oxygen atoms in total. The van der Waals surface area contributed by atoms with E-state index in [-0.39, 0.29) is 12.3 Å². The van der Waals surface area contributed by atoms with Gasteiger partial charge in [0.15, 0.2) is 5.82 Å². The highest BCUT2D eigenvalue weighted by molar-refractivity contribution is 7.88. The maximum atomic E-state index is 12.3. The van der Waals surface area contributed by atoms with Gasteiger partial charge in [-0.1, -0.05) is 29.8 Å². The molecule has 3 aromatic rings. The Morgan fingerprint density at radius 1 is 1.00 bits per heavy atom. The molecule has 0 radical (unpaired) electrons. The van der Waals surface area contributed by atoms with Crippen LogP contribution in [0.3, 0.4) is 0 Å². The monoisotopic (exact) mass is 414 g/mol. The summed E-state index contributed by atoms with van der Waals surface area (Å²) < 4.78 is 28.9. The van der Waals surface area contributed by atoms with Crippen molar-refractivity contribution < 1.29 is 8.42 Å². The predicted molar refractivity (Wildman–Crippen MR) is 114 cm³/mol. The molecule has 9 heteroatoms. The van der Waals surface area contributed by atoms with Gasteiger partial charge in [-0.3, -0.25) is 0 Å². The van der Waals surface area contributed by atoms with Gasteiger partial charge >= 0.3 is 0 Å². The lowest BCUT2D eigenvalue weighted by Gasteiger charge is -2.11. The summed E-state index contributed by atoms with van der Waals surface area (Å²) >= 11 is 0. The molecule has 154 valence electrons. The largest absolute Gasteiger partial charge is 0.369 e. The predicted octanol–water partition coefficient (Wildman–Crippen LogP) is 2.43. The summed E-state index contributed by atoms with van der Waals surface area (Å²) in [5, 5.41) is 7.59. The van der Waals surface area contributed by atoms with Crippen LogP contribution in [0.1, 0.15) is 28.3 Å². The second-order valence-corrected chi connectivity index (χ2v) is 8.87.